The monoisotopic (exact) mass is 363 g/mol. The van der Waals surface area contributed by atoms with E-state index in [1.807, 2.05) is 30.3 Å². The number of hydrogen-bond acceptors (Lipinski definition) is 2. The Labute approximate surface area is 149 Å². The van der Waals surface area contributed by atoms with Gasteiger partial charge in [0.15, 0.2) is 5.96 Å². The van der Waals surface area contributed by atoms with Gasteiger partial charge in [-0.1, -0.05) is 48.5 Å². The number of rotatable bonds is 6. The maximum Gasteiger partial charge on any atom is 0.573 e. The fourth-order valence-electron chi connectivity index (χ4n) is 2.89. The Morgan fingerprint density at radius 2 is 1.81 bits per heavy atom. The maximum atomic E-state index is 12.5. The van der Waals surface area contributed by atoms with E-state index >= 15 is 0 Å². The van der Waals surface area contributed by atoms with Crippen LogP contribution >= 0.6 is 0 Å². The minimum absolute atomic E-state index is 0.0338. The molecule has 1 aliphatic rings. The lowest BCUT2D eigenvalue weighted by molar-refractivity contribution is -0.274. The number of hydrogen-bond donors (Lipinski definition) is 2. The molecule has 2 atom stereocenters. The van der Waals surface area contributed by atoms with Crippen LogP contribution in [0.2, 0.25) is 0 Å². The summed E-state index contributed by atoms with van der Waals surface area (Å²) < 4.78 is 41.7. The van der Waals surface area contributed by atoms with Crippen molar-refractivity contribution in [2.75, 3.05) is 6.54 Å². The molecule has 0 radical (unpaired) electrons. The molecule has 2 aromatic carbocycles. The molecule has 0 aliphatic heterocycles. The van der Waals surface area contributed by atoms with Crippen LogP contribution in [-0.4, -0.2) is 24.9 Å². The number of nitrogens with zero attached hydrogens (tertiary/aromatic N) is 1. The summed E-state index contributed by atoms with van der Waals surface area (Å²) in [7, 11) is 0. The van der Waals surface area contributed by atoms with Gasteiger partial charge >= 0.3 is 6.36 Å². The summed E-state index contributed by atoms with van der Waals surface area (Å²) in [6.45, 7) is 0.550. The third kappa shape index (κ3) is 5.15. The van der Waals surface area contributed by atoms with Gasteiger partial charge in [-0.25, -0.2) is 0 Å². The molecule has 0 spiro atoms. The first-order valence-electron chi connectivity index (χ1n) is 8.37. The van der Waals surface area contributed by atoms with Crippen molar-refractivity contribution >= 4 is 5.96 Å². The Morgan fingerprint density at radius 3 is 2.54 bits per heavy atom. The summed E-state index contributed by atoms with van der Waals surface area (Å²) in [4.78, 5) is 4.28. The molecular weight excluding hydrogens is 343 g/mol. The highest BCUT2D eigenvalue weighted by Gasteiger charge is 2.42. The van der Waals surface area contributed by atoms with Crippen molar-refractivity contribution in [2.45, 2.75) is 31.2 Å². The topological polar surface area (TPSA) is 59.6 Å². The fraction of sp³-hybridized carbons (Fsp3) is 0.316. The van der Waals surface area contributed by atoms with Gasteiger partial charge < -0.3 is 15.8 Å². The number of alkyl halides is 3. The van der Waals surface area contributed by atoms with E-state index in [0.29, 0.717) is 24.5 Å². The van der Waals surface area contributed by atoms with Crippen molar-refractivity contribution in [3.63, 3.8) is 0 Å². The first kappa shape index (κ1) is 18.1. The second-order valence-corrected chi connectivity index (χ2v) is 6.18. The molecule has 0 saturated heterocycles. The van der Waals surface area contributed by atoms with E-state index in [2.05, 4.69) is 15.0 Å². The van der Waals surface area contributed by atoms with Crippen molar-refractivity contribution in [1.82, 2.24) is 5.32 Å². The van der Waals surface area contributed by atoms with Crippen LogP contribution in [0.25, 0.3) is 0 Å². The number of benzene rings is 2. The minimum atomic E-state index is -4.70. The van der Waals surface area contributed by atoms with Crippen LogP contribution in [0.1, 0.15) is 23.5 Å². The Bertz CT molecular complexity index is 762. The van der Waals surface area contributed by atoms with Crippen LogP contribution in [0.4, 0.5) is 13.2 Å². The molecule has 3 rings (SSSR count). The maximum absolute atomic E-state index is 12.5. The third-order valence-electron chi connectivity index (χ3n) is 4.19. The molecule has 2 aromatic rings. The Hall–Kier alpha value is -2.70. The SMILES string of the molecule is NC(=NCCc1ccccc1)NC1CC1c1ccccc1OC(F)(F)F. The normalized spacial score (nSPS) is 19.9. The third-order valence-corrected chi connectivity index (χ3v) is 4.19. The highest BCUT2D eigenvalue weighted by atomic mass is 19.4. The van der Waals surface area contributed by atoms with Gasteiger partial charge in [-0.05, 0) is 30.0 Å². The lowest BCUT2D eigenvalue weighted by atomic mass is 10.1. The highest BCUT2D eigenvalue weighted by Crippen LogP contribution is 2.45. The summed E-state index contributed by atoms with van der Waals surface area (Å²) in [5.41, 5.74) is 7.59. The summed E-state index contributed by atoms with van der Waals surface area (Å²) in [5, 5.41) is 3.07. The summed E-state index contributed by atoms with van der Waals surface area (Å²) in [6, 6.07) is 16.1. The van der Waals surface area contributed by atoms with E-state index in [4.69, 9.17) is 5.73 Å². The van der Waals surface area contributed by atoms with E-state index < -0.39 is 6.36 Å². The molecule has 0 heterocycles. The molecule has 26 heavy (non-hydrogen) atoms. The number of nitrogens with two attached hydrogens (primary N) is 1. The molecule has 0 amide bonds. The Morgan fingerprint density at radius 1 is 1.12 bits per heavy atom. The van der Waals surface area contributed by atoms with Crippen LogP contribution in [0, 0.1) is 0 Å². The molecule has 1 fully saturated rings. The van der Waals surface area contributed by atoms with Crippen molar-refractivity contribution in [3.05, 3.63) is 65.7 Å². The van der Waals surface area contributed by atoms with Gasteiger partial charge in [0, 0.05) is 18.5 Å². The number of ether oxygens (including phenoxy) is 1. The average molecular weight is 363 g/mol. The average Bonchev–Trinajstić information content (AvgIpc) is 3.33. The van der Waals surface area contributed by atoms with Gasteiger partial charge in [0.1, 0.15) is 5.75 Å². The van der Waals surface area contributed by atoms with E-state index in [9.17, 15) is 13.2 Å². The lowest BCUT2D eigenvalue weighted by Gasteiger charge is -2.13. The number of para-hydroxylation sites is 1. The van der Waals surface area contributed by atoms with E-state index in [1.54, 1.807) is 12.1 Å². The fourth-order valence-corrected chi connectivity index (χ4v) is 2.89. The number of aliphatic imine (C=N–C) groups is 1. The Kier molecular flexibility index (Phi) is 5.35. The van der Waals surface area contributed by atoms with Gasteiger partial charge in [0.2, 0.25) is 0 Å². The molecular formula is C19H20F3N3O. The van der Waals surface area contributed by atoms with E-state index in [0.717, 1.165) is 6.42 Å². The molecule has 138 valence electrons. The summed E-state index contributed by atoms with van der Waals surface area (Å²) >= 11 is 0. The van der Waals surface area contributed by atoms with Crippen molar-refractivity contribution < 1.29 is 17.9 Å². The molecule has 3 N–H and O–H groups in total. The zero-order valence-electron chi connectivity index (χ0n) is 14.0. The van der Waals surface area contributed by atoms with Gasteiger partial charge in [-0.15, -0.1) is 13.2 Å². The van der Waals surface area contributed by atoms with Crippen LogP contribution in [0.3, 0.4) is 0 Å². The first-order chi connectivity index (χ1) is 12.4. The van der Waals surface area contributed by atoms with Gasteiger partial charge in [-0.2, -0.15) is 0 Å². The molecule has 0 bridgehead atoms. The first-order valence-corrected chi connectivity index (χ1v) is 8.37. The van der Waals surface area contributed by atoms with Crippen molar-refractivity contribution in [1.29, 1.82) is 0 Å². The van der Waals surface area contributed by atoms with E-state index in [-0.39, 0.29) is 17.7 Å². The van der Waals surface area contributed by atoms with Crippen molar-refractivity contribution in [2.24, 2.45) is 10.7 Å². The quantitative estimate of drug-likeness (QED) is 0.609. The van der Waals surface area contributed by atoms with Crippen LogP contribution in [0.5, 0.6) is 5.75 Å². The molecule has 1 saturated carbocycles. The number of halogens is 3. The number of guanidine groups is 1. The van der Waals surface area contributed by atoms with Crippen LogP contribution in [-0.2, 0) is 6.42 Å². The minimum Gasteiger partial charge on any atom is -0.405 e. The zero-order chi connectivity index (χ0) is 18.6. The molecule has 1 aliphatic carbocycles. The summed E-state index contributed by atoms with van der Waals surface area (Å²) in [6.07, 6.45) is -3.24. The predicted octanol–water partition coefficient (Wildman–Crippen LogP) is 3.59. The van der Waals surface area contributed by atoms with Gasteiger partial charge in [0.25, 0.3) is 0 Å². The molecule has 0 aromatic heterocycles. The van der Waals surface area contributed by atoms with Gasteiger partial charge in [0.05, 0.1) is 0 Å². The van der Waals surface area contributed by atoms with E-state index in [1.165, 1.54) is 17.7 Å². The molecule has 4 nitrogen and oxygen atoms in total. The second-order valence-electron chi connectivity index (χ2n) is 6.18. The zero-order valence-corrected chi connectivity index (χ0v) is 14.0. The highest BCUT2D eigenvalue weighted by molar-refractivity contribution is 5.78. The molecule has 2 unspecified atom stereocenters. The second kappa shape index (κ2) is 7.68. The largest absolute Gasteiger partial charge is 0.573 e. The molecule has 7 heteroatoms. The Balaban J connectivity index is 1.53. The number of nitrogens with one attached hydrogen (secondary N) is 1. The van der Waals surface area contributed by atoms with Crippen LogP contribution in [0.15, 0.2) is 59.6 Å². The smallest absolute Gasteiger partial charge is 0.405 e. The van der Waals surface area contributed by atoms with Crippen LogP contribution < -0.4 is 15.8 Å². The predicted molar refractivity (Wildman–Crippen MR) is 94.0 cm³/mol. The lowest BCUT2D eigenvalue weighted by Crippen LogP contribution is -2.34. The standard InChI is InChI=1S/C19H20F3N3O/c20-19(21,22)26-17-9-5-4-8-14(17)15-12-16(15)25-18(23)24-11-10-13-6-2-1-3-7-13/h1-9,15-16H,10-12H2,(H3,23,24,25). The van der Waals surface area contributed by atoms with Gasteiger partial charge in [-0.3, -0.25) is 4.99 Å². The summed E-state index contributed by atoms with van der Waals surface area (Å²) in [5.74, 6) is 0.0768. The van der Waals surface area contributed by atoms with Crippen molar-refractivity contribution in [3.8, 4) is 5.75 Å².